The van der Waals surface area contributed by atoms with Gasteiger partial charge in [0.05, 0.1) is 0 Å². The molecule has 17 heavy (non-hydrogen) atoms. The van der Waals surface area contributed by atoms with Gasteiger partial charge in [-0.2, -0.15) is 13.2 Å². The van der Waals surface area contributed by atoms with E-state index >= 15 is 0 Å². The number of hydrogen-bond donors (Lipinski definition) is 1. The number of hydrogen-bond acceptors (Lipinski definition) is 1. The lowest BCUT2D eigenvalue weighted by Gasteiger charge is -2.34. The van der Waals surface area contributed by atoms with E-state index in [0.29, 0.717) is 5.56 Å². The molecule has 0 fully saturated rings. The van der Waals surface area contributed by atoms with Crippen LogP contribution in [0.4, 0.5) is 17.6 Å². The lowest BCUT2D eigenvalue weighted by Crippen LogP contribution is -2.51. The zero-order valence-corrected chi connectivity index (χ0v) is 10.9. The highest BCUT2D eigenvalue weighted by Crippen LogP contribution is 2.38. The van der Waals surface area contributed by atoms with Crippen LogP contribution in [0.2, 0.25) is 0 Å². The fourth-order valence-electron chi connectivity index (χ4n) is 1.59. The molecule has 0 aliphatic heterocycles. The quantitative estimate of drug-likeness (QED) is 0.827. The van der Waals surface area contributed by atoms with Gasteiger partial charge in [0.25, 0.3) is 0 Å². The summed E-state index contributed by atoms with van der Waals surface area (Å²) in [4.78, 5) is 0. The summed E-state index contributed by atoms with van der Waals surface area (Å²) in [6.07, 6.45) is -4.50. The van der Waals surface area contributed by atoms with Crippen molar-refractivity contribution in [2.24, 2.45) is 5.73 Å². The Kier molecular flexibility index (Phi) is 3.88. The van der Waals surface area contributed by atoms with E-state index in [1.54, 1.807) is 0 Å². The first-order chi connectivity index (χ1) is 7.56. The van der Waals surface area contributed by atoms with Crippen molar-refractivity contribution in [3.05, 3.63) is 34.1 Å². The molecule has 96 valence electrons. The number of halogens is 5. The summed E-state index contributed by atoms with van der Waals surface area (Å²) < 4.78 is 51.0. The highest BCUT2D eigenvalue weighted by atomic mass is 79.9. The molecule has 2 N–H and O–H groups in total. The summed E-state index contributed by atoms with van der Waals surface area (Å²) in [5.41, 5.74) is 4.21. The van der Waals surface area contributed by atoms with Crippen LogP contribution >= 0.6 is 15.9 Å². The monoisotopic (exact) mass is 313 g/mol. The van der Waals surface area contributed by atoms with Crippen LogP contribution in [0.15, 0.2) is 22.7 Å². The van der Waals surface area contributed by atoms with Crippen molar-refractivity contribution >= 4 is 15.9 Å². The van der Waals surface area contributed by atoms with E-state index < -0.39 is 23.5 Å². The number of nitrogens with two attached hydrogens (primary N) is 1. The van der Waals surface area contributed by atoms with Crippen molar-refractivity contribution in [1.82, 2.24) is 0 Å². The molecule has 1 aromatic rings. The smallest absolute Gasteiger partial charge is 0.319 e. The Balaban J connectivity index is 3.21. The molecule has 0 spiro atoms. The highest BCUT2D eigenvalue weighted by molar-refractivity contribution is 9.10. The van der Waals surface area contributed by atoms with E-state index in [1.165, 1.54) is 19.9 Å². The summed E-state index contributed by atoms with van der Waals surface area (Å²) in [6, 6.07) is 1.53. The highest BCUT2D eigenvalue weighted by Gasteiger charge is 2.47. The fourth-order valence-corrected chi connectivity index (χ4v) is 2.45. The summed E-state index contributed by atoms with van der Waals surface area (Å²) >= 11 is 3.06. The van der Waals surface area contributed by atoms with Crippen molar-refractivity contribution in [2.45, 2.75) is 31.5 Å². The van der Waals surface area contributed by atoms with Gasteiger partial charge in [-0.1, -0.05) is 35.8 Å². The summed E-state index contributed by atoms with van der Waals surface area (Å²) in [6.45, 7) is 2.76. The van der Waals surface area contributed by atoms with E-state index in [1.807, 2.05) is 0 Å². The average Bonchev–Trinajstić information content (AvgIpc) is 2.14. The van der Waals surface area contributed by atoms with Gasteiger partial charge in [-0.3, -0.25) is 0 Å². The molecule has 0 aliphatic rings. The number of benzene rings is 1. The standard InChI is InChI=1S/C11H12BrF4N/c1-10(2,9(17)11(14,15)16)7-4-3-6(13)5-8(7)12/h3-5,9H,17H2,1-2H3. The first kappa shape index (κ1) is 14.4. The maximum absolute atomic E-state index is 12.9. The molecule has 0 saturated carbocycles. The third kappa shape index (κ3) is 2.98. The molecule has 1 nitrogen and oxygen atoms in total. The van der Waals surface area contributed by atoms with Crippen molar-refractivity contribution in [3.63, 3.8) is 0 Å². The molecule has 6 heteroatoms. The Morgan fingerprint density at radius 3 is 2.18 bits per heavy atom. The van der Waals surface area contributed by atoms with Gasteiger partial charge in [-0.25, -0.2) is 4.39 Å². The van der Waals surface area contributed by atoms with Crippen LogP contribution in [0.1, 0.15) is 19.4 Å². The zero-order chi connectivity index (χ0) is 13.4. The van der Waals surface area contributed by atoms with Crippen LogP contribution in [-0.4, -0.2) is 12.2 Å². The van der Waals surface area contributed by atoms with Crippen LogP contribution in [-0.2, 0) is 5.41 Å². The van der Waals surface area contributed by atoms with Crippen molar-refractivity contribution < 1.29 is 17.6 Å². The first-order valence-corrected chi connectivity index (χ1v) is 5.64. The van der Waals surface area contributed by atoms with Crippen LogP contribution in [0.3, 0.4) is 0 Å². The van der Waals surface area contributed by atoms with Gasteiger partial charge in [0.2, 0.25) is 0 Å². The van der Waals surface area contributed by atoms with Gasteiger partial charge in [-0.15, -0.1) is 0 Å². The Morgan fingerprint density at radius 1 is 1.24 bits per heavy atom. The molecule has 0 aliphatic carbocycles. The minimum atomic E-state index is -4.50. The van der Waals surface area contributed by atoms with Gasteiger partial charge < -0.3 is 5.73 Å². The fraction of sp³-hybridized carbons (Fsp3) is 0.455. The predicted octanol–water partition coefficient (Wildman–Crippen LogP) is 3.76. The SMILES string of the molecule is CC(C)(c1ccc(F)cc1Br)C(N)C(F)(F)F. The second-order valence-corrected chi connectivity index (χ2v) is 5.22. The lowest BCUT2D eigenvalue weighted by atomic mass is 9.78. The van der Waals surface area contributed by atoms with Gasteiger partial charge in [-0.05, 0) is 17.7 Å². The molecule has 0 radical (unpaired) electrons. The summed E-state index contributed by atoms with van der Waals surface area (Å²) in [7, 11) is 0. The van der Waals surface area contributed by atoms with E-state index in [0.717, 1.165) is 12.1 Å². The molecule has 0 bridgehead atoms. The molecule has 0 aromatic heterocycles. The van der Waals surface area contributed by atoms with Gasteiger partial charge >= 0.3 is 6.18 Å². The minimum absolute atomic E-state index is 0.280. The molecule has 1 rings (SSSR count). The van der Waals surface area contributed by atoms with Crippen LogP contribution in [0.25, 0.3) is 0 Å². The third-order valence-corrected chi connectivity index (χ3v) is 3.41. The van der Waals surface area contributed by atoms with E-state index in [2.05, 4.69) is 15.9 Å². The number of rotatable bonds is 2. The van der Waals surface area contributed by atoms with Crippen molar-refractivity contribution in [1.29, 1.82) is 0 Å². The largest absolute Gasteiger partial charge is 0.404 e. The number of alkyl halides is 3. The Hall–Kier alpha value is -0.620. The molecular weight excluding hydrogens is 302 g/mol. The first-order valence-electron chi connectivity index (χ1n) is 4.84. The van der Waals surface area contributed by atoms with Crippen LogP contribution in [0.5, 0.6) is 0 Å². The van der Waals surface area contributed by atoms with Gasteiger partial charge in [0, 0.05) is 9.89 Å². The lowest BCUT2D eigenvalue weighted by molar-refractivity contribution is -0.160. The van der Waals surface area contributed by atoms with Crippen LogP contribution < -0.4 is 5.73 Å². The Bertz CT molecular complexity index is 414. The van der Waals surface area contributed by atoms with E-state index in [4.69, 9.17) is 5.73 Å². The second-order valence-electron chi connectivity index (χ2n) is 4.37. The third-order valence-electron chi connectivity index (χ3n) is 2.76. The van der Waals surface area contributed by atoms with Crippen LogP contribution in [0, 0.1) is 5.82 Å². The van der Waals surface area contributed by atoms with Gasteiger partial charge in [0.1, 0.15) is 11.9 Å². The van der Waals surface area contributed by atoms with E-state index in [9.17, 15) is 17.6 Å². The maximum Gasteiger partial charge on any atom is 0.404 e. The minimum Gasteiger partial charge on any atom is -0.319 e. The molecule has 1 aromatic carbocycles. The normalized spacial score (nSPS) is 14.8. The molecule has 1 unspecified atom stereocenters. The van der Waals surface area contributed by atoms with Crippen molar-refractivity contribution in [3.8, 4) is 0 Å². The van der Waals surface area contributed by atoms with Gasteiger partial charge in [0.15, 0.2) is 0 Å². The Morgan fingerprint density at radius 2 is 1.76 bits per heavy atom. The maximum atomic E-state index is 12.9. The molecular formula is C11H12BrF4N. The Labute approximate surface area is 105 Å². The predicted molar refractivity (Wildman–Crippen MR) is 61.2 cm³/mol. The molecule has 0 heterocycles. The van der Waals surface area contributed by atoms with Crippen molar-refractivity contribution in [2.75, 3.05) is 0 Å². The summed E-state index contributed by atoms with van der Waals surface area (Å²) in [5.74, 6) is -0.517. The topological polar surface area (TPSA) is 26.0 Å². The molecule has 0 amide bonds. The average molecular weight is 314 g/mol. The molecule has 1 atom stereocenters. The summed E-state index contributed by atoms with van der Waals surface area (Å²) in [5, 5.41) is 0. The zero-order valence-electron chi connectivity index (χ0n) is 9.28. The van der Waals surface area contributed by atoms with E-state index in [-0.39, 0.29) is 4.47 Å². The second kappa shape index (κ2) is 4.57. The molecule has 0 saturated heterocycles.